The standard InChI is InChI=1S/C13H16F3N3O/c1-3-9-6-8(7-10(17-2)18-9)11(20)19-12(4-5-12)13(14,15)16/h6-7H,3-5H2,1-2H3,(H,17,18)(H,19,20). The van der Waals surface area contributed by atoms with E-state index in [1.165, 1.54) is 12.1 Å². The van der Waals surface area contributed by atoms with Crippen molar-refractivity contribution in [1.82, 2.24) is 10.3 Å². The van der Waals surface area contributed by atoms with Crippen LogP contribution in [0.3, 0.4) is 0 Å². The molecule has 1 aromatic rings. The Morgan fingerprint density at radius 3 is 2.50 bits per heavy atom. The van der Waals surface area contributed by atoms with E-state index in [-0.39, 0.29) is 18.4 Å². The van der Waals surface area contributed by atoms with Crippen molar-refractivity contribution < 1.29 is 18.0 Å². The molecule has 1 amide bonds. The van der Waals surface area contributed by atoms with Gasteiger partial charge in [-0.1, -0.05) is 6.92 Å². The molecule has 0 aromatic carbocycles. The number of anilines is 1. The van der Waals surface area contributed by atoms with Crippen molar-refractivity contribution >= 4 is 11.7 Å². The van der Waals surface area contributed by atoms with E-state index < -0.39 is 17.6 Å². The molecule has 0 spiro atoms. The summed E-state index contributed by atoms with van der Waals surface area (Å²) >= 11 is 0. The largest absolute Gasteiger partial charge is 0.411 e. The monoisotopic (exact) mass is 287 g/mol. The Morgan fingerprint density at radius 1 is 1.40 bits per heavy atom. The van der Waals surface area contributed by atoms with Crippen molar-refractivity contribution in [3.05, 3.63) is 23.4 Å². The number of pyridine rings is 1. The molecule has 0 aliphatic heterocycles. The second-order valence-electron chi connectivity index (χ2n) is 4.87. The van der Waals surface area contributed by atoms with E-state index in [9.17, 15) is 18.0 Å². The van der Waals surface area contributed by atoms with Crippen LogP contribution in [0.4, 0.5) is 19.0 Å². The molecule has 4 nitrogen and oxygen atoms in total. The summed E-state index contributed by atoms with van der Waals surface area (Å²) < 4.78 is 38.5. The first-order chi connectivity index (χ1) is 9.31. The minimum absolute atomic E-state index is 0.0627. The topological polar surface area (TPSA) is 54.0 Å². The first-order valence-corrected chi connectivity index (χ1v) is 6.39. The molecule has 2 N–H and O–H groups in total. The summed E-state index contributed by atoms with van der Waals surface area (Å²) in [5, 5.41) is 4.90. The molecule has 0 bridgehead atoms. The molecule has 7 heteroatoms. The van der Waals surface area contributed by atoms with Gasteiger partial charge in [-0.25, -0.2) is 4.98 Å². The fraction of sp³-hybridized carbons (Fsp3) is 0.538. The Hall–Kier alpha value is -1.79. The summed E-state index contributed by atoms with van der Waals surface area (Å²) in [6.45, 7) is 1.86. The van der Waals surface area contributed by atoms with Gasteiger partial charge in [0.05, 0.1) is 0 Å². The van der Waals surface area contributed by atoms with Crippen molar-refractivity contribution in [1.29, 1.82) is 0 Å². The molecule has 0 atom stereocenters. The third-order valence-corrected chi connectivity index (χ3v) is 3.40. The van der Waals surface area contributed by atoms with Crippen LogP contribution in [0.5, 0.6) is 0 Å². The van der Waals surface area contributed by atoms with Gasteiger partial charge in [0.2, 0.25) is 0 Å². The van der Waals surface area contributed by atoms with Gasteiger partial charge in [0.1, 0.15) is 11.4 Å². The quantitative estimate of drug-likeness (QED) is 0.894. The number of rotatable bonds is 4. The number of halogens is 3. The fourth-order valence-electron chi connectivity index (χ4n) is 1.92. The Morgan fingerprint density at radius 2 is 2.05 bits per heavy atom. The highest BCUT2D eigenvalue weighted by Crippen LogP contribution is 2.49. The average Bonchev–Trinajstić information content (AvgIpc) is 3.18. The van der Waals surface area contributed by atoms with E-state index in [2.05, 4.69) is 15.6 Å². The Kier molecular flexibility index (Phi) is 3.62. The molecule has 0 unspecified atom stereocenters. The number of amides is 1. The zero-order valence-electron chi connectivity index (χ0n) is 11.3. The van der Waals surface area contributed by atoms with Gasteiger partial charge in [-0.05, 0) is 31.4 Å². The molecule has 1 aromatic heterocycles. The smallest absolute Gasteiger partial charge is 0.373 e. The van der Waals surface area contributed by atoms with E-state index in [4.69, 9.17) is 0 Å². The van der Waals surface area contributed by atoms with Gasteiger partial charge in [-0.15, -0.1) is 0 Å². The molecular weight excluding hydrogens is 271 g/mol. The van der Waals surface area contributed by atoms with Gasteiger partial charge in [-0.2, -0.15) is 13.2 Å². The third-order valence-electron chi connectivity index (χ3n) is 3.40. The van der Waals surface area contributed by atoms with Gasteiger partial charge < -0.3 is 10.6 Å². The number of nitrogens with one attached hydrogen (secondary N) is 2. The zero-order valence-corrected chi connectivity index (χ0v) is 11.3. The van der Waals surface area contributed by atoms with Crippen LogP contribution < -0.4 is 10.6 Å². The molecule has 20 heavy (non-hydrogen) atoms. The molecule has 110 valence electrons. The summed E-state index contributed by atoms with van der Waals surface area (Å²) in [5.41, 5.74) is -1.20. The number of aromatic nitrogens is 1. The van der Waals surface area contributed by atoms with Gasteiger partial charge in [-0.3, -0.25) is 4.79 Å². The first kappa shape index (κ1) is 14.6. The maximum atomic E-state index is 12.8. The molecule has 0 saturated heterocycles. The average molecular weight is 287 g/mol. The highest BCUT2D eigenvalue weighted by molar-refractivity contribution is 5.95. The van der Waals surface area contributed by atoms with Crippen molar-refractivity contribution in [2.45, 2.75) is 37.9 Å². The molecule has 0 radical (unpaired) electrons. The lowest BCUT2D eigenvalue weighted by Gasteiger charge is -2.21. The number of hydrogen-bond acceptors (Lipinski definition) is 3. The van der Waals surface area contributed by atoms with E-state index in [1.807, 2.05) is 6.92 Å². The number of alkyl halides is 3. The maximum absolute atomic E-state index is 12.8. The molecule has 2 rings (SSSR count). The van der Waals surface area contributed by atoms with Crippen LogP contribution >= 0.6 is 0 Å². The highest BCUT2D eigenvalue weighted by atomic mass is 19.4. The second kappa shape index (κ2) is 4.96. The van der Waals surface area contributed by atoms with Crippen LogP contribution in [0.1, 0.15) is 35.8 Å². The number of carbonyl (C=O) groups excluding carboxylic acids is 1. The van der Waals surface area contributed by atoms with Crippen LogP contribution in [-0.2, 0) is 6.42 Å². The van der Waals surface area contributed by atoms with E-state index >= 15 is 0 Å². The lowest BCUT2D eigenvalue weighted by Crippen LogP contribution is -2.47. The first-order valence-electron chi connectivity index (χ1n) is 6.39. The molecule has 1 heterocycles. The number of aryl methyl sites for hydroxylation is 1. The molecule has 1 saturated carbocycles. The minimum atomic E-state index is -4.41. The third kappa shape index (κ3) is 2.71. The summed E-state index contributed by atoms with van der Waals surface area (Å²) in [5.74, 6) is -0.250. The molecular formula is C13H16F3N3O. The van der Waals surface area contributed by atoms with Gasteiger partial charge >= 0.3 is 6.18 Å². The minimum Gasteiger partial charge on any atom is -0.373 e. The SMILES string of the molecule is CCc1cc(C(=O)NC2(C(F)(F)F)CC2)cc(NC)n1. The van der Waals surface area contributed by atoms with Crippen LogP contribution in [0.2, 0.25) is 0 Å². The predicted molar refractivity (Wildman–Crippen MR) is 68.6 cm³/mol. The Balaban J connectivity index is 2.22. The number of hydrogen-bond donors (Lipinski definition) is 2. The lowest BCUT2D eigenvalue weighted by molar-refractivity contribution is -0.163. The second-order valence-corrected chi connectivity index (χ2v) is 4.87. The van der Waals surface area contributed by atoms with Crippen LogP contribution in [-0.4, -0.2) is 29.7 Å². The van der Waals surface area contributed by atoms with E-state index in [1.54, 1.807) is 7.05 Å². The lowest BCUT2D eigenvalue weighted by atomic mass is 10.1. The van der Waals surface area contributed by atoms with E-state index in [0.717, 1.165) is 0 Å². The Labute approximate surface area is 114 Å². The van der Waals surface area contributed by atoms with Crippen molar-refractivity contribution in [3.63, 3.8) is 0 Å². The zero-order chi connectivity index (χ0) is 15.0. The normalized spacial score (nSPS) is 16.6. The van der Waals surface area contributed by atoms with E-state index in [0.29, 0.717) is 17.9 Å². The van der Waals surface area contributed by atoms with Crippen LogP contribution in [0, 0.1) is 0 Å². The predicted octanol–water partition coefficient (Wildman–Crippen LogP) is 2.51. The van der Waals surface area contributed by atoms with Crippen LogP contribution in [0.25, 0.3) is 0 Å². The summed E-state index contributed by atoms with van der Waals surface area (Å²) in [6.07, 6.45) is -3.94. The highest BCUT2D eigenvalue weighted by Gasteiger charge is 2.64. The van der Waals surface area contributed by atoms with Crippen molar-refractivity contribution in [2.75, 3.05) is 12.4 Å². The van der Waals surface area contributed by atoms with Gasteiger partial charge in [0.25, 0.3) is 5.91 Å². The Bertz CT molecular complexity index is 502. The van der Waals surface area contributed by atoms with Gasteiger partial charge in [0, 0.05) is 18.3 Å². The summed E-state index contributed by atoms with van der Waals surface area (Å²) in [6, 6.07) is 2.96. The summed E-state index contributed by atoms with van der Waals surface area (Å²) in [4.78, 5) is 16.2. The van der Waals surface area contributed by atoms with Crippen LogP contribution in [0.15, 0.2) is 12.1 Å². The summed E-state index contributed by atoms with van der Waals surface area (Å²) in [7, 11) is 1.64. The van der Waals surface area contributed by atoms with Crippen molar-refractivity contribution in [2.24, 2.45) is 0 Å². The molecule has 1 aliphatic carbocycles. The maximum Gasteiger partial charge on any atom is 0.411 e. The fourth-order valence-corrected chi connectivity index (χ4v) is 1.92. The number of nitrogens with zero attached hydrogens (tertiary/aromatic N) is 1. The van der Waals surface area contributed by atoms with Crippen molar-refractivity contribution in [3.8, 4) is 0 Å². The number of carbonyl (C=O) groups is 1. The molecule has 1 aliphatic rings. The molecule has 1 fully saturated rings. The van der Waals surface area contributed by atoms with Gasteiger partial charge in [0.15, 0.2) is 0 Å².